The Labute approximate surface area is 118 Å². The lowest BCUT2D eigenvalue weighted by Gasteiger charge is -2.20. The Hall–Kier alpha value is -2.32. The highest BCUT2D eigenvalue weighted by molar-refractivity contribution is 6.00. The topological polar surface area (TPSA) is 75.5 Å². The van der Waals surface area contributed by atoms with Crippen molar-refractivity contribution < 1.29 is 22.9 Å². The molecule has 1 rings (SSSR count). The number of hydrogen-bond acceptors (Lipinski definition) is 4. The van der Waals surface area contributed by atoms with E-state index in [-0.39, 0.29) is 16.9 Å². The van der Waals surface area contributed by atoms with Crippen LogP contribution in [0.4, 0.5) is 24.5 Å². The van der Waals surface area contributed by atoms with Gasteiger partial charge in [0.25, 0.3) is 11.6 Å². The van der Waals surface area contributed by atoms with Crippen LogP contribution in [0.5, 0.6) is 0 Å². The number of rotatable bonds is 5. The molecular formula is C12H14F3N3O3. The van der Waals surface area contributed by atoms with Crippen LogP contribution in [-0.4, -0.2) is 42.0 Å². The minimum Gasteiger partial charge on any atom is -0.385 e. The predicted molar refractivity (Wildman–Crippen MR) is 70.3 cm³/mol. The molecule has 0 spiro atoms. The Morgan fingerprint density at radius 2 is 2.05 bits per heavy atom. The lowest BCUT2D eigenvalue weighted by molar-refractivity contribution is -0.384. The van der Waals surface area contributed by atoms with Crippen LogP contribution in [0.1, 0.15) is 17.3 Å². The van der Waals surface area contributed by atoms with Gasteiger partial charge >= 0.3 is 6.18 Å². The summed E-state index contributed by atoms with van der Waals surface area (Å²) in [4.78, 5) is 22.5. The zero-order valence-corrected chi connectivity index (χ0v) is 11.4. The van der Waals surface area contributed by atoms with Gasteiger partial charge in [-0.1, -0.05) is 0 Å². The maximum atomic E-state index is 12.3. The van der Waals surface area contributed by atoms with Crippen molar-refractivity contribution in [1.82, 2.24) is 4.90 Å². The first-order chi connectivity index (χ1) is 9.65. The van der Waals surface area contributed by atoms with Crippen molar-refractivity contribution in [3.63, 3.8) is 0 Å². The van der Waals surface area contributed by atoms with Gasteiger partial charge in [0.05, 0.1) is 10.5 Å². The van der Waals surface area contributed by atoms with E-state index in [0.717, 1.165) is 13.1 Å². The van der Waals surface area contributed by atoms with Crippen LogP contribution < -0.4 is 5.32 Å². The number of benzene rings is 1. The highest BCUT2D eigenvalue weighted by Crippen LogP contribution is 2.24. The number of carbonyl (C=O) groups is 1. The number of hydrogen-bond donors (Lipinski definition) is 1. The molecule has 6 nitrogen and oxygen atoms in total. The molecule has 0 aromatic heterocycles. The fraction of sp³-hybridized carbons (Fsp3) is 0.417. The number of halogens is 3. The number of nitro benzene ring substituents is 1. The summed E-state index contributed by atoms with van der Waals surface area (Å²) in [6.45, 7) is 0.719. The van der Waals surface area contributed by atoms with Gasteiger partial charge < -0.3 is 10.2 Å². The molecule has 0 saturated carbocycles. The van der Waals surface area contributed by atoms with E-state index in [1.54, 1.807) is 6.92 Å². The standard InChI is InChI=1S/C12H14F3N3O3/c1-3-16-10-5-4-8(18(20)21)6-9(10)11(19)17(2)7-12(13,14)15/h4-6,16H,3,7H2,1-2H3. The molecule has 21 heavy (non-hydrogen) atoms. The average Bonchev–Trinajstić information content (AvgIpc) is 2.36. The second kappa shape index (κ2) is 6.42. The van der Waals surface area contributed by atoms with E-state index in [2.05, 4.69) is 5.32 Å². The molecule has 0 radical (unpaired) electrons. The predicted octanol–water partition coefficient (Wildman–Crippen LogP) is 2.66. The molecule has 0 heterocycles. The van der Waals surface area contributed by atoms with E-state index in [1.165, 1.54) is 12.1 Å². The molecule has 0 saturated heterocycles. The maximum Gasteiger partial charge on any atom is 0.406 e. The van der Waals surface area contributed by atoms with E-state index in [4.69, 9.17) is 0 Å². The summed E-state index contributed by atoms with van der Waals surface area (Å²) in [5.74, 6) is -0.938. The SMILES string of the molecule is CCNc1ccc([N+](=O)[O-])cc1C(=O)N(C)CC(F)(F)F. The molecule has 0 aliphatic rings. The van der Waals surface area contributed by atoms with Crippen molar-refractivity contribution in [3.8, 4) is 0 Å². The number of alkyl halides is 3. The van der Waals surface area contributed by atoms with E-state index in [1.807, 2.05) is 0 Å². The molecule has 1 aromatic carbocycles. The summed E-state index contributed by atoms with van der Waals surface area (Å²) in [7, 11) is 0.990. The van der Waals surface area contributed by atoms with Crippen LogP contribution in [0.2, 0.25) is 0 Å². The Kier molecular flexibility index (Phi) is 5.12. The first-order valence-corrected chi connectivity index (χ1v) is 6.00. The van der Waals surface area contributed by atoms with Gasteiger partial charge in [-0.2, -0.15) is 13.2 Å². The normalized spacial score (nSPS) is 11.1. The maximum absolute atomic E-state index is 12.3. The summed E-state index contributed by atoms with van der Waals surface area (Å²) >= 11 is 0. The van der Waals surface area contributed by atoms with E-state index < -0.39 is 23.6 Å². The second-order valence-corrected chi connectivity index (χ2v) is 4.29. The molecule has 0 fully saturated rings. The number of nitrogens with zero attached hydrogens (tertiary/aromatic N) is 2. The van der Waals surface area contributed by atoms with Crippen molar-refractivity contribution in [1.29, 1.82) is 0 Å². The van der Waals surface area contributed by atoms with Gasteiger partial charge in [-0.25, -0.2) is 0 Å². The van der Waals surface area contributed by atoms with Gasteiger partial charge in [0.2, 0.25) is 0 Å². The Morgan fingerprint density at radius 1 is 1.43 bits per heavy atom. The van der Waals surface area contributed by atoms with Crippen LogP contribution in [-0.2, 0) is 0 Å². The van der Waals surface area contributed by atoms with Crippen LogP contribution in [0, 0.1) is 10.1 Å². The van der Waals surface area contributed by atoms with Crippen molar-refractivity contribution in [3.05, 3.63) is 33.9 Å². The Balaban J connectivity index is 3.15. The third-order valence-electron chi connectivity index (χ3n) is 2.57. The zero-order valence-electron chi connectivity index (χ0n) is 11.4. The number of non-ortho nitro benzene ring substituents is 1. The third kappa shape index (κ3) is 4.62. The van der Waals surface area contributed by atoms with Crippen molar-refractivity contribution in [2.75, 3.05) is 25.5 Å². The smallest absolute Gasteiger partial charge is 0.385 e. The molecular weight excluding hydrogens is 291 g/mol. The van der Waals surface area contributed by atoms with Gasteiger partial charge in [0, 0.05) is 31.4 Å². The summed E-state index contributed by atoms with van der Waals surface area (Å²) in [6, 6.07) is 3.45. The zero-order chi connectivity index (χ0) is 16.2. The molecule has 1 aromatic rings. The minimum atomic E-state index is -4.54. The lowest BCUT2D eigenvalue weighted by atomic mass is 10.1. The third-order valence-corrected chi connectivity index (χ3v) is 2.57. The summed E-state index contributed by atoms with van der Waals surface area (Å²) in [6.07, 6.45) is -4.54. The van der Waals surface area contributed by atoms with Gasteiger partial charge in [-0.3, -0.25) is 14.9 Å². The van der Waals surface area contributed by atoms with E-state index in [9.17, 15) is 28.1 Å². The summed E-state index contributed by atoms with van der Waals surface area (Å²) in [5, 5.41) is 13.5. The van der Waals surface area contributed by atoms with Crippen molar-refractivity contribution >= 4 is 17.3 Å². The van der Waals surface area contributed by atoms with Gasteiger partial charge in [-0.05, 0) is 13.0 Å². The minimum absolute atomic E-state index is 0.169. The Bertz CT molecular complexity index is 546. The van der Waals surface area contributed by atoms with Gasteiger partial charge in [0.15, 0.2) is 0 Å². The van der Waals surface area contributed by atoms with Crippen molar-refractivity contribution in [2.45, 2.75) is 13.1 Å². The van der Waals surface area contributed by atoms with Crippen LogP contribution in [0.25, 0.3) is 0 Å². The van der Waals surface area contributed by atoms with Gasteiger partial charge in [0.1, 0.15) is 6.54 Å². The number of anilines is 1. The second-order valence-electron chi connectivity index (χ2n) is 4.29. The summed E-state index contributed by atoms with van der Waals surface area (Å²) in [5.41, 5.74) is -0.277. The number of nitrogens with one attached hydrogen (secondary N) is 1. The van der Waals surface area contributed by atoms with Crippen LogP contribution in [0.3, 0.4) is 0 Å². The summed E-state index contributed by atoms with van der Waals surface area (Å²) < 4.78 is 37.0. The van der Waals surface area contributed by atoms with E-state index >= 15 is 0 Å². The molecule has 116 valence electrons. The highest BCUT2D eigenvalue weighted by Gasteiger charge is 2.32. The van der Waals surface area contributed by atoms with Gasteiger partial charge in [-0.15, -0.1) is 0 Å². The molecule has 9 heteroatoms. The fourth-order valence-electron chi connectivity index (χ4n) is 1.71. The fourth-order valence-corrected chi connectivity index (χ4v) is 1.71. The quantitative estimate of drug-likeness (QED) is 0.670. The van der Waals surface area contributed by atoms with Crippen LogP contribution in [0.15, 0.2) is 18.2 Å². The van der Waals surface area contributed by atoms with E-state index in [0.29, 0.717) is 11.4 Å². The Morgan fingerprint density at radius 3 is 2.52 bits per heavy atom. The number of carbonyl (C=O) groups excluding carboxylic acids is 1. The first kappa shape index (κ1) is 16.7. The average molecular weight is 305 g/mol. The largest absolute Gasteiger partial charge is 0.406 e. The molecule has 0 aliphatic carbocycles. The number of amides is 1. The first-order valence-electron chi connectivity index (χ1n) is 6.00. The number of nitro groups is 1. The lowest BCUT2D eigenvalue weighted by Crippen LogP contribution is -2.36. The highest BCUT2D eigenvalue weighted by atomic mass is 19.4. The molecule has 1 amide bonds. The molecule has 0 unspecified atom stereocenters. The molecule has 0 bridgehead atoms. The molecule has 1 N–H and O–H groups in total. The van der Waals surface area contributed by atoms with Crippen molar-refractivity contribution in [2.24, 2.45) is 0 Å². The molecule has 0 atom stereocenters. The monoisotopic (exact) mass is 305 g/mol. The van der Waals surface area contributed by atoms with Crippen LogP contribution >= 0.6 is 0 Å². The molecule has 0 aliphatic heterocycles.